The summed E-state index contributed by atoms with van der Waals surface area (Å²) in [6.45, 7) is 2.09. The summed E-state index contributed by atoms with van der Waals surface area (Å²) < 4.78 is 6.97. The van der Waals surface area contributed by atoms with Gasteiger partial charge >= 0.3 is 5.97 Å². The van der Waals surface area contributed by atoms with Crippen LogP contribution < -0.4 is 0 Å². The number of benzene rings is 1. The molecule has 0 atom stereocenters. The highest BCUT2D eigenvalue weighted by atomic mass is 35.5. The fraction of sp³-hybridized carbons (Fsp3) is 0.174. The lowest BCUT2D eigenvalue weighted by Crippen LogP contribution is -2.04. The molecule has 6 heteroatoms. The van der Waals surface area contributed by atoms with Crippen LogP contribution in [0.2, 0.25) is 5.02 Å². The summed E-state index contributed by atoms with van der Waals surface area (Å²) in [4.78, 5) is 21.5. The molecular weight excluding hydrogens is 386 g/mol. The molecule has 29 heavy (non-hydrogen) atoms. The summed E-state index contributed by atoms with van der Waals surface area (Å²) in [5.41, 5.74) is 6.03. The molecular formula is C23H18ClN3O2. The number of halogens is 1. The normalized spacial score (nSPS) is 13.4. The molecule has 0 saturated heterocycles. The second-order valence-corrected chi connectivity index (χ2v) is 7.41. The summed E-state index contributed by atoms with van der Waals surface area (Å²) in [6, 6.07) is 13.8. The van der Waals surface area contributed by atoms with Crippen LogP contribution in [0.25, 0.3) is 33.4 Å². The number of allylic oxidation sites excluding steroid dienone is 2. The molecule has 0 aliphatic heterocycles. The van der Waals surface area contributed by atoms with Crippen LogP contribution in [-0.2, 0) is 4.74 Å². The number of ether oxygens (including phenoxy) is 1. The maximum Gasteiger partial charge on any atom is 0.358 e. The average molecular weight is 404 g/mol. The molecule has 0 spiro atoms. The van der Waals surface area contributed by atoms with Crippen molar-refractivity contribution in [3.63, 3.8) is 0 Å². The number of esters is 1. The predicted octanol–water partition coefficient (Wildman–Crippen LogP) is 5.56. The van der Waals surface area contributed by atoms with Gasteiger partial charge in [-0.2, -0.15) is 0 Å². The number of imidazole rings is 1. The molecule has 1 aliphatic carbocycles. The monoisotopic (exact) mass is 403 g/mol. The molecule has 1 aliphatic rings. The van der Waals surface area contributed by atoms with Gasteiger partial charge in [-0.05, 0) is 66.8 Å². The van der Waals surface area contributed by atoms with Crippen LogP contribution in [0, 0.1) is 0 Å². The summed E-state index contributed by atoms with van der Waals surface area (Å²) in [5, 5.41) is 1.68. The van der Waals surface area contributed by atoms with Gasteiger partial charge in [-0.1, -0.05) is 29.8 Å². The van der Waals surface area contributed by atoms with Gasteiger partial charge in [0.05, 0.1) is 12.3 Å². The Bertz CT molecular complexity index is 1290. The molecule has 0 bridgehead atoms. The lowest BCUT2D eigenvalue weighted by atomic mass is 9.93. The Hall–Kier alpha value is -3.18. The Balaban J connectivity index is 1.78. The molecule has 0 fully saturated rings. The molecule has 0 N–H and O–H groups in total. The number of pyridine rings is 2. The molecule has 3 aromatic heterocycles. The Kier molecular flexibility index (Phi) is 4.32. The van der Waals surface area contributed by atoms with E-state index in [1.807, 2.05) is 40.8 Å². The van der Waals surface area contributed by atoms with Crippen molar-refractivity contribution in [1.82, 2.24) is 14.4 Å². The van der Waals surface area contributed by atoms with Crippen molar-refractivity contribution in [1.29, 1.82) is 0 Å². The topological polar surface area (TPSA) is 56.5 Å². The molecule has 144 valence electrons. The lowest BCUT2D eigenvalue weighted by Gasteiger charge is -2.17. The number of hydrogen-bond donors (Lipinski definition) is 0. The van der Waals surface area contributed by atoms with Gasteiger partial charge in [-0.3, -0.25) is 4.40 Å². The van der Waals surface area contributed by atoms with Crippen molar-refractivity contribution in [3.8, 4) is 11.1 Å². The van der Waals surface area contributed by atoms with E-state index in [0.29, 0.717) is 17.3 Å². The minimum Gasteiger partial charge on any atom is -0.461 e. The van der Waals surface area contributed by atoms with Crippen molar-refractivity contribution in [2.45, 2.75) is 19.8 Å². The van der Waals surface area contributed by atoms with E-state index in [4.69, 9.17) is 21.3 Å². The number of rotatable bonds is 4. The Morgan fingerprint density at radius 3 is 2.66 bits per heavy atom. The van der Waals surface area contributed by atoms with E-state index < -0.39 is 5.97 Å². The van der Waals surface area contributed by atoms with Crippen LogP contribution in [0.1, 0.15) is 35.9 Å². The van der Waals surface area contributed by atoms with Crippen LogP contribution in [0.3, 0.4) is 0 Å². The third kappa shape index (κ3) is 3.08. The predicted molar refractivity (Wildman–Crippen MR) is 114 cm³/mol. The maximum absolute atomic E-state index is 12.2. The quantitative estimate of drug-likeness (QED) is 0.419. The van der Waals surface area contributed by atoms with Crippen LogP contribution >= 0.6 is 11.6 Å². The molecule has 4 aromatic rings. The van der Waals surface area contributed by atoms with Crippen molar-refractivity contribution in [3.05, 3.63) is 71.1 Å². The summed E-state index contributed by atoms with van der Waals surface area (Å²) in [7, 11) is 0. The van der Waals surface area contributed by atoms with Crippen LogP contribution in [0.5, 0.6) is 0 Å². The first kappa shape index (κ1) is 17.9. The van der Waals surface area contributed by atoms with Crippen molar-refractivity contribution >= 4 is 39.8 Å². The molecule has 1 aromatic carbocycles. The zero-order valence-corrected chi connectivity index (χ0v) is 16.6. The number of carbonyl (C=O) groups excluding carboxylic acids is 1. The van der Waals surface area contributed by atoms with Gasteiger partial charge in [0.1, 0.15) is 11.3 Å². The zero-order chi connectivity index (χ0) is 20.0. The second kappa shape index (κ2) is 7.01. The summed E-state index contributed by atoms with van der Waals surface area (Å²) in [6.07, 6.45) is 6.01. The van der Waals surface area contributed by atoms with Gasteiger partial charge in [0, 0.05) is 16.6 Å². The van der Waals surface area contributed by atoms with Crippen LogP contribution in [0.4, 0.5) is 0 Å². The van der Waals surface area contributed by atoms with E-state index >= 15 is 0 Å². The Morgan fingerprint density at radius 1 is 1.17 bits per heavy atom. The number of fused-ring (bicyclic) bond motifs is 3. The highest BCUT2D eigenvalue weighted by Gasteiger charge is 2.18. The largest absolute Gasteiger partial charge is 0.461 e. The lowest BCUT2D eigenvalue weighted by molar-refractivity contribution is 0.0520. The minimum absolute atomic E-state index is 0.280. The number of nitrogens with zero attached hydrogens (tertiary/aromatic N) is 3. The van der Waals surface area contributed by atoms with E-state index in [-0.39, 0.29) is 5.69 Å². The third-order valence-corrected chi connectivity index (χ3v) is 5.42. The van der Waals surface area contributed by atoms with Gasteiger partial charge in [-0.15, -0.1) is 0 Å². The Labute approximate surface area is 172 Å². The molecule has 5 rings (SSSR count). The number of hydrogen-bond acceptors (Lipinski definition) is 4. The zero-order valence-electron chi connectivity index (χ0n) is 15.9. The van der Waals surface area contributed by atoms with E-state index in [2.05, 4.69) is 17.1 Å². The van der Waals surface area contributed by atoms with Crippen LogP contribution in [0.15, 0.2) is 54.7 Å². The van der Waals surface area contributed by atoms with Crippen molar-refractivity contribution in [2.24, 2.45) is 0 Å². The summed E-state index contributed by atoms with van der Waals surface area (Å²) >= 11 is 6.09. The standard InChI is InChI=1S/C23H18ClN3O2/c1-2-29-23(28)20-13-27-21(25-20)11-10-17-18(14-6-8-16(24)9-7-14)12-19(26-22(17)27)15-4-3-5-15/h4,6-13H,2-3,5H2,1H3. The van der Waals surface area contributed by atoms with Crippen molar-refractivity contribution in [2.75, 3.05) is 6.61 Å². The molecule has 0 radical (unpaired) electrons. The average Bonchev–Trinajstić information content (AvgIpc) is 3.12. The fourth-order valence-electron chi connectivity index (χ4n) is 3.59. The van der Waals surface area contributed by atoms with Crippen molar-refractivity contribution < 1.29 is 9.53 Å². The van der Waals surface area contributed by atoms with Gasteiger partial charge < -0.3 is 4.74 Å². The van der Waals surface area contributed by atoms with Gasteiger partial charge in [0.25, 0.3) is 0 Å². The minimum atomic E-state index is -0.430. The highest BCUT2D eigenvalue weighted by molar-refractivity contribution is 6.30. The molecule has 0 saturated carbocycles. The first-order chi connectivity index (χ1) is 14.1. The first-order valence-electron chi connectivity index (χ1n) is 9.59. The molecule has 5 nitrogen and oxygen atoms in total. The highest BCUT2D eigenvalue weighted by Crippen LogP contribution is 2.35. The van der Waals surface area contributed by atoms with E-state index in [1.54, 1.807) is 13.1 Å². The van der Waals surface area contributed by atoms with Gasteiger partial charge in [0.15, 0.2) is 5.69 Å². The number of aromatic nitrogens is 3. The molecule has 0 unspecified atom stereocenters. The SMILES string of the molecule is CCOC(=O)c1cn2c(ccc3c(-c4ccc(Cl)cc4)cc(C4=CCC4)nc32)n1. The van der Waals surface area contributed by atoms with E-state index in [1.165, 1.54) is 5.57 Å². The Morgan fingerprint density at radius 2 is 1.97 bits per heavy atom. The van der Waals surface area contributed by atoms with E-state index in [0.717, 1.165) is 40.7 Å². The van der Waals surface area contributed by atoms with Gasteiger partial charge in [-0.25, -0.2) is 14.8 Å². The molecule has 0 amide bonds. The summed E-state index contributed by atoms with van der Waals surface area (Å²) in [5.74, 6) is -0.430. The third-order valence-electron chi connectivity index (χ3n) is 5.17. The number of carbonyl (C=O) groups is 1. The fourth-order valence-corrected chi connectivity index (χ4v) is 3.71. The van der Waals surface area contributed by atoms with Crippen LogP contribution in [-0.4, -0.2) is 26.9 Å². The maximum atomic E-state index is 12.2. The first-order valence-corrected chi connectivity index (χ1v) is 9.97. The second-order valence-electron chi connectivity index (χ2n) is 6.98. The van der Waals surface area contributed by atoms with Gasteiger partial charge in [0.2, 0.25) is 0 Å². The smallest absolute Gasteiger partial charge is 0.358 e. The van der Waals surface area contributed by atoms with E-state index in [9.17, 15) is 4.79 Å². The molecule has 3 heterocycles.